The summed E-state index contributed by atoms with van der Waals surface area (Å²) in [5, 5.41) is 1.42. The van der Waals surface area contributed by atoms with Crippen molar-refractivity contribution < 1.29 is 59.2 Å². The number of hydrogen-bond acceptors (Lipinski definition) is 5. The number of halogens is 1. The van der Waals surface area contributed by atoms with Gasteiger partial charge in [-0.3, -0.25) is 4.55 Å². The molecule has 0 unspecified atom stereocenters. The van der Waals surface area contributed by atoms with Crippen molar-refractivity contribution in [2.24, 2.45) is 5.34 Å². The molecule has 0 atom stereocenters. The predicted octanol–water partition coefficient (Wildman–Crippen LogP) is -6.50. The molecule has 0 fully saturated rings. The Balaban J connectivity index is -0.000000180. The predicted molar refractivity (Wildman–Crippen MR) is 18.4 cm³/mol. The summed E-state index contributed by atoms with van der Waals surface area (Å²) >= 11 is 0. The minimum Gasteiger partial charge on any atom is -1.00 e. The van der Waals surface area contributed by atoms with Crippen molar-refractivity contribution in [2.75, 3.05) is 0 Å². The Labute approximate surface area is 79.5 Å². The van der Waals surface area contributed by atoms with Gasteiger partial charge >= 0.3 is 40.0 Å². The van der Waals surface area contributed by atoms with Gasteiger partial charge in [0.1, 0.15) is 0 Å². The molecule has 0 heterocycles. The van der Waals surface area contributed by atoms with Crippen molar-refractivity contribution in [3.05, 3.63) is 4.91 Å². The third-order valence-corrected chi connectivity index (χ3v) is 0.374. The summed E-state index contributed by atoms with van der Waals surface area (Å²) in [6.45, 7) is 0. The van der Waals surface area contributed by atoms with Crippen LogP contribution in [0.3, 0.4) is 0 Å². The van der Waals surface area contributed by atoms with E-state index in [4.69, 9.17) is 9.46 Å². The molecule has 9 heteroatoms. The van der Waals surface area contributed by atoms with Crippen LogP contribution in [0, 0.1) is 4.91 Å². The topological polar surface area (TPSA) is 93.0 Å². The fourth-order valence-electron chi connectivity index (χ4n) is 0.0385. The molecule has 0 aromatic rings. The molecule has 0 saturated heterocycles. The maximum Gasteiger partial charge on any atom is 1.00 e. The average molecular weight is 186 g/mol. The van der Waals surface area contributed by atoms with Crippen LogP contribution in [0.4, 0.5) is 0 Å². The van der Waals surface area contributed by atoms with Crippen LogP contribution in [0.2, 0.25) is 0 Å². The molecule has 0 saturated carbocycles. The molecule has 0 rings (SSSR count). The van der Waals surface area contributed by atoms with Gasteiger partial charge in [-0.1, -0.05) is 0 Å². The van der Waals surface area contributed by atoms with Gasteiger partial charge in [0, 0.05) is 0 Å². The van der Waals surface area contributed by atoms with E-state index in [1.165, 1.54) is 5.34 Å². The Kier molecular flexibility index (Phi) is 12.2. The Morgan fingerprint density at radius 3 is 1.78 bits per heavy atom. The second-order valence-corrected chi connectivity index (χ2v) is 1.58. The summed E-state index contributed by atoms with van der Waals surface area (Å²) in [6, 6.07) is 0. The Morgan fingerprint density at radius 2 is 1.78 bits per heavy atom. The molecule has 9 heavy (non-hydrogen) atoms. The van der Waals surface area contributed by atoms with Crippen molar-refractivity contribution in [3.63, 3.8) is 0 Å². The molecular weight excluding hydrogens is 185 g/mol. The van der Waals surface area contributed by atoms with Crippen LogP contribution in [0.25, 0.3) is 0 Å². The van der Waals surface area contributed by atoms with E-state index < -0.39 is 10.4 Å². The molecule has 6 nitrogen and oxygen atoms in total. The summed E-state index contributed by atoms with van der Waals surface area (Å²) in [4.78, 5) is 8.81. The summed E-state index contributed by atoms with van der Waals surface area (Å²) in [7, 11) is -4.65. The smallest absolute Gasteiger partial charge is 1.00 e. The molecule has 0 spiro atoms. The van der Waals surface area contributed by atoms with Crippen molar-refractivity contribution in [1.29, 1.82) is 0 Å². The van der Waals surface area contributed by atoms with Crippen LogP contribution in [0.5, 0.6) is 0 Å². The zero-order valence-electron chi connectivity index (χ0n) is 4.31. The molecule has 50 valence electrons. The average Bonchev–Trinajstić information content (AvgIpc) is 1.30. The van der Waals surface area contributed by atoms with E-state index >= 15 is 0 Å². The van der Waals surface area contributed by atoms with Gasteiger partial charge in [0.05, 0.1) is 0 Å². The van der Waals surface area contributed by atoms with Gasteiger partial charge < -0.3 is 12.4 Å². The Bertz CT molecular complexity index is 150. The SMILES string of the molecule is O=NOS(=O)(=O)O.[Cl-].[Na+]. The summed E-state index contributed by atoms with van der Waals surface area (Å²) in [5.74, 6) is 0. The van der Waals surface area contributed by atoms with E-state index in [1.807, 2.05) is 0 Å². The van der Waals surface area contributed by atoms with Gasteiger partial charge in [-0.2, -0.15) is 8.42 Å². The third kappa shape index (κ3) is 17.7. The minimum absolute atomic E-state index is 0. The van der Waals surface area contributed by atoms with E-state index in [0.29, 0.717) is 0 Å². The normalized spacial score (nSPS) is 8.11. The van der Waals surface area contributed by atoms with Crippen molar-refractivity contribution in [2.45, 2.75) is 0 Å². The van der Waals surface area contributed by atoms with E-state index in [1.54, 1.807) is 0 Å². The van der Waals surface area contributed by atoms with Crippen LogP contribution in [-0.2, 0) is 14.7 Å². The van der Waals surface area contributed by atoms with Gasteiger partial charge in [-0.25, -0.2) is 4.28 Å². The largest absolute Gasteiger partial charge is 1.00 e. The first-order valence-electron chi connectivity index (χ1n) is 1.05. The molecule has 0 aromatic heterocycles. The van der Waals surface area contributed by atoms with Crippen LogP contribution in [-0.4, -0.2) is 13.0 Å². The van der Waals surface area contributed by atoms with Crippen LogP contribution in [0.1, 0.15) is 0 Å². The Hall–Kier alpha value is 0.600. The van der Waals surface area contributed by atoms with Crippen LogP contribution >= 0.6 is 0 Å². The van der Waals surface area contributed by atoms with E-state index in [9.17, 15) is 8.42 Å². The van der Waals surface area contributed by atoms with Crippen molar-refractivity contribution in [3.8, 4) is 0 Å². The molecule has 0 amide bonds. The standard InChI is InChI=1S/ClH.HNO5S.Na/c;2-1-6-7(3,4)5;/h1H;(H,3,4,5);/q;;+1/p-1. The van der Waals surface area contributed by atoms with Crippen molar-refractivity contribution in [1.82, 2.24) is 0 Å². The minimum atomic E-state index is -4.65. The fraction of sp³-hybridized carbons (Fsp3) is 0. The zero-order valence-corrected chi connectivity index (χ0v) is 7.89. The quantitative estimate of drug-likeness (QED) is 0.200. The number of nitrogens with zero attached hydrogens (tertiary/aromatic N) is 1. The monoisotopic (exact) mass is 185 g/mol. The van der Waals surface area contributed by atoms with Gasteiger partial charge in [-0.05, 0) is 0 Å². The Morgan fingerprint density at radius 1 is 1.44 bits per heavy atom. The van der Waals surface area contributed by atoms with Crippen LogP contribution in [0.15, 0.2) is 5.34 Å². The first-order chi connectivity index (χ1) is 3.06. The van der Waals surface area contributed by atoms with Gasteiger partial charge in [0.25, 0.3) is 0 Å². The molecular formula is HClNNaO5S. The first kappa shape index (κ1) is 16.3. The molecule has 0 aliphatic carbocycles. The molecule has 0 bridgehead atoms. The summed E-state index contributed by atoms with van der Waals surface area (Å²) in [5.41, 5.74) is 0. The van der Waals surface area contributed by atoms with Gasteiger partial charge in [0.2, 0.25) is 0 Å². The summed E-state index contributed by atoms with van der Waals surface area (Å²) in [6.07, 6.45) is 0. The van der Waals surface area contributed by atoms with Gasteiger partial charge in [0.15, 0.2) is 5.34 Å². The van der Waals surface area contributed by atoms with Gasteiger partial charge in [-0.15, -0.1) is 4.91 Å². The molecule has 0 aliphatic rings. The first-order valence-corrected chi connectivity index (χ1v) is 2.41. The maximum atomic E-state index is 9.27. The van der Waals surface area contributed by atoms with E-state index in [0.717, 1.165) is 0 Å². The second kappa shape index (κ2) is 6.72. The molecule has 0 aromatic carbocycles. The third-order valence-electron chi connectivity index (χ3n) is 0.125. The molecule has 0 radical (unpaired) electrons. The second-order valence-electron chi connectivity index (χ2n) is 0.577. The van der Waals surface area contributed by atoms with E-state index in [2.05, 4.69) is 4.28 Å². The number of rotatable bonds is 2. The fourth-order valence-corrected chi connectivity index (χ4v) is 0.115. The van der Waals surface area contributed by atoms with Crippen LogP contribution < -0.4 is 42.0 Å². The zero-order chi connectivity index (χ0) is 5.91. The maximum absolute atomic E-state index is 9.27. The van der Waals surface area contributed by atoms with Crippen molar-refractivity contribution >= 4 is 10.4 Å². The van der Waals surface area contributed by atoms with E-state index in [-0.39, 0.29) is 42.0 Å². The molecule has 1 N–H and O–H groups in total. The number of hydrogen-bond donors (Lipinski definition) is 1. The molecule has 0 aliphatic heterocycles. The summed E-state index contributed by atoms with van der Waals surface area (Å²) < 4.78 is 28.8.